The van der Waals surface area contributed by atoms with Crippen LogP contribution in [0.2, 0.25) is 0 Å². The molecule has 0 N–H and O–H groups in total. The third-order valence-corrected chi connectivity index (χ3v) is 15.2. The Morgan fingerprint density at radius 1 is 0.842 bits per heavy atom. The fourth-order valence-electron chi connectivity index (χ4n) is 1.37. The largest absolute Gasteiger partial charge is 0.312 e. The second-order valence-electron chi connectivity index (χ2n) is 3.53. The summed E-state index contributed by atoms with van der Waals surface area (Å²) in [7, 11) is 1.75. The van der Waals surface area contributed by atoms with Gasteiger partial charge in [-0.05, 0) is 68.3 Å². The molecule has 0 fully saturated rings. The first-order valence-electron chi connectivity index (χ1n) is 4.83. The summed E-state index contributed by atoms with van der Waals surface area (Å²) >= 11 is 30.6. The predicted molar refractivity (Wildman–Crippen MR) is 92.2 cm³/mol. The predicted octanol–water partition coefficient (Wildman–Crippen LogP) is 8.17. The number of nitrogens with zero attached hydrogens (tertiary/aromatic N) is 4. The van der Waals surface area contributed by atoms with E-state index in [9.17, 15) is 0 Å². The monoisotopic (exact) mass is 416 g/mol. The van der Waals surface area contributed by atoms with Crippen LogP contribution in [0.25, 0.3) is 0 Å². The summed E-state index contributed by atoms with van der Waals surface area (Å²) < 4.78 is 14.0. The molecule has 2 rings (SSSR count). The van der Waals surface area contributed by atoms with Crippen molar-refractivity contribution in [2.45, 2.75) is 0 Å². The standard InChI is InChI=1S/C7H8Cl5N4P3/c1-16(7-5-3-2-4-6-7)19(12)14-17(8,9)13-18(10,11)15-19/h2-6H,1H3. The highest BCUT2D eigenvalue weighted by Gasteiger charge is 2.35. The van der Waals surface area contributed by atoms with Gasteiger partial charge in [-0.25, -0.2) is 0 Å². The maximum atomic E-state index is 6.49. The lowest BCUT2D eigenvalue weighted by molar-refractivity contribution is 1.32. The number of hydrogen-bond donors (Lipinski definition) is 0. The van der Waals surface area contributed by atoms with E-state index in [2.05, 4.69) is 13.5 Å². The molecule has 1 atom stereocenters. The van der Waals surface area contributed by atoms with Crippen molar-refractivity contribution in [2.24, 2.45) is 13.5 Å². The average Bonchev–Trinajstić information content (AvgIpc) is 2.24. The van der Waals surface area contributed by atoms with Crippen LogP contribution in [-0.4, -0.2) is 7.05 Å². The quantitative estimate of drug-likeness (QED) is 0.447. The van der Waals surface area contributed by atoms with Crippen molar-refractivity contribution < 1.29 is 0 Å². The smallest absolute Gasteiger partial charge is 0.264 e. The lowest BCUT2D eigenvalue weighted by atomic mass is 10.3. The van der Waals surface area contributed by atoms with Crippen LogP contribution in [0.5, 0.6) is 0 Å². The van der Waals surface area contributed by atoms with Gasteiger partial charge >= 0.3 is 0 Å². The van der Waals surface area contributed by atoms with Gasteiger partial charge in [0.05, 0.1) is 0 Å². The van der Waals surface area contributed by atoms with E-state index in [1.54, 1.807) is 11.7 Å². The lowest BCUT2D eigenvalue weighted by Gasteiger charge is -2.30. The van der Waals surface area contributed by atoms with Gasteiger partial charge in [-0.2, -0.15) is 13.5 Å². The van der Waals surface area contributed by atoms with Gasteiger partial charge in [0.25, 0.3) is 18.5 Å². The van der Waals surface area contributed by atoms with Gasteiger partial charge in [-0.3, -0.25) is 0 Å². The van der Waals surface area contributed by atoms with E-state index in [4.69, 9.17) is 56.2 Å². The Bertz CT molecular complexity index is 640. The molecular formula is C7H8Cl5N4P3. The minimum absolute atomic E-state index is 0.821. The summed E-state index contributed by atoms with van der Waals surface area (Å²) in [6.07, 6.45) is 0. The van der Waals surface area contributed by atoms with Crippen LogP contribution in [0.4, 0.5) is 5.69 Å². The van der Waals surface area contributed by atoms with Crippen molar-refractivity contribution in [1.82, 2.24) is 0 Å². The first-order valence-corrected chi connectivity index (χ1v) is 14.4. The number of para-hydroxylation sites is 1. The molecule has 0 radical (unpaired) electrons. The Morgan fingerprint density at radius 2 is 1.37 bits per heavy atom. The van der Waals surface area contributed by atoms with Gasteiger partial charge in [0.15, 0.2) is 0 Å². The Morgan fingerprint density at radius 3 is 1.89 bits per heavy atom. The summed E-state index contributed by atoms with van der Waals surface area (Å²) in [6.45, 7) is -2.89. The molecule has 1 unspecified atom stereocenters. The zero-order valence-corrected chi connectivity index (χ0v) is 15.9. The molecule has 0 spiro atoms. The molecule has 1 aliphatic rings. The molecule has 4 nitrogen and oxygen atoms in total. The summed E-state index contributed by atoms with van der Waals surface area (Å²) in [6, 6.07) is 9.37. The Hall–Kier alpha value is 1.16. The average molecular weight is 418 g/mol. The van der Waals surface area contributed by atoms with Gasteiger partial charge in [0, 0.05) is 12.7 Å². The van der Waals surface area contributed by atoms with E-state index in [1.165, 1.54) is 0 Å². The Balaban J connectivity index is 2.59. The highest BCUT2D eigenvalue weighted by Crippen LogP contribution is 2.87. The minimum Gasteiger partial charge on any atom is -0.312 e. The van der Waals surface area contributed by atoms with Crippen LogP contribution in [0.15, 0.2) is 43.9 Å². The number of halogens is 5. The first-order chi connectivity index (χ1) is 8.64. The van der Waals surface area contributed by atoms with E-state index in [1.807, 2.05) is 30.3 Å². The summed E-state index contributed by atoms with van der Waals surface area (Å²) in [5.74, 6) is -5.98. The molecule has 106 valence electrons. The SMILES string of the molecule is CN(c1ccccc1)P1(Cl)=NP(Cl)(Cl)=NP(Cl)(Cl)=N1. The molecule has 0 aliphatic carbocycles. The third-order valence-electron chi connectivity index (χ3n) is 2.17. The highest BCUT2D eigenvalue weighted by atomic mass is 35.9. The van der Waals surface area contributed by atoms with E-state index in [-0.39, 0.29) is 0 Å². The number of benzene rings is 1. The minimum atomic E-state index is -2.99. The summed E-state index contributed by atoms with van der Waals surface area (Å²) in [5.41, 5.74) is 0.821. The molecule has 0 aromatic heterocycles. The zero-order chi connectivity index (χ0) is 14.3. The summed E-state index contributed by atoms with van der Waals surface area (Å²) in [5, 5.41) is 0. The zero-order valence-electron chi connectivity index (χ0n) is 9.41. The van der Waals surface area contributed by atoms with Crippen LogP contribution >= 0.6 is 74.7 Å². The second kappa shape index (κ2) is 5.75. The fraction of sp³-hybridized carbons (Fsp3) is 0.143. The molecule has 0 saturated carbocycles. The fourth-order valence-corrected chi connectivity index (χ4v) is 18.8. The number of anilines is 1. The normalized spacial score (nSPS) is 27.7. The molecular weight excluding hydrogens is 410 g/mol. The molecule has 1 heterocycles. The van der Waals surface area contributed by atoms with Crippen LogP contribution in [0.1, 0.15) is 0 Å². The number of rotatable bonds is 2. The first kappa shape index (κ1) is 16.5. The van der Waals surface area contributed by atoms with Crippen molar-refractivity contribution >= 4 is 80.4 Å². The second-order valence-corrected chi connectivity index (χ2v) is 17.1. The number of hydrogen-bond acceptors (Lipinski definition) is 4. The molecule has 12 heteroatoms. The van der Waals surface area contributed by atoms with Crippen molar-refractivity contribution in [2.75, 3.05) is 11.7 Å². The van der Waals surface area contributed by atoms with Crippen molar-refractivity contribution in [3.63, 3.8) is 0 Å². The summed E-state index contributed by atoms with van der Waals surface area (Å²) in [4.78, 5) is 0. The van der Waals surface area contributed by atoms with Gasteiger partial charge in [-0.1, -0.05) is 18.2 Å². The molecule has 19 heavy (non-hydrogen) atoms. The van der Waals surface area contributed by atoms with Gasteiger partial charge in [0.2, 0.25) is 0 Å². The van der Waals surface area contributed by atoms with Gasteiger partial charge < -0.3 is 4.67 Å². The molecule has 0 bridgehead atoms. The van der Waals surface area contributed by atoms with Crippen molar-refractivity contribution in [1.29, 1.82) is 0 Å². The lowest BCUT2D eigenvalue weighted by Crippen LogP contribution is -2.09. The molecule has 0 amide bonds. The van der Waals surface area contributed by atoms with E-state index >= 15 is 0 Å². The maximum Gasteiger partial charge on any atom is 0.264 e. The van der Waals surface area contributed by atoms with Crippen LogP contribution in [0, 0.1) is 0 Å². The maximum absolute atomic E-state index is 6.49. The van der Waals surface area contributed by atoms with Crippen LogP contribution in [0.3, 0.4) is 0 Å². The van der Waals surface area contributed by atoms with Crippen LogP contribution in [-0.2, 0) is 0 Å². The molecule has 1 aromatic carbocycles. The van der Waals surface area contributed by atoms with Crippen molar-refractivity contribution in [3.05, 3.63) is 30.3 Å². The topological polar surface area (TPSA) is 40.3 Å². The van der Waals surface area contributed by atoms with Crippen molar-refractivity contribution in [3.8, 4) is 0 Å². The molecule has 1 aromatic rings. The van der Waals surface area contributed by atoms with Gasteiger partial charge in [-0.15, -0.1) is 0 Å². The van der Waals surface area contributed by atoms with Gasteiger partial charge in [0.1, 0.15) is 0 Å². The molecule has 1 aliphatic heterocycles. The van der Waals surface area contributed by atoms with Crippen LogP contribution < -0.4 is 4.67 Å². The van der Waals surface area contributed by atoms with E-state index in [0.29, 0.717) is 0 Å². The van der Waals surface area contributed by atoms with E-state index in [0.717, 1.165) is 5.69 Å². The Kier molecular flexibility index (Phi) is 5.00. The highest BCUT2D eigenvalue weighted by molar-refractivity contribution is 8.22. The Labute approximate surface area is 135 Å². The third kappa shape index (κ3) is 4.09. The van der Waals surface area contributed by atoms with E-state index < -0.39 is 18.5 Å². The molecule has 0 saturated heterocycles.